The summed E-state index contributed by atoms with van der Waals surface area (Å²) in [5, 5.41) is 4.31. The SMILES string of the molecule is CC(=O)NC(Cc1c[nH]c2ccccc12)CN(C)C(C)C. The Morgan fingerprint density at radius 3 is 2.71 bits per heavy atom. The fourth-order valence-electron chi connectivity index (χ4n) is 2.57. The van der Waals surface area contributed by atoms with Gasteiger partial charge in [-0.1, -0.05) is 18.2 Å². The van der Waals surface area contributed by atoms with Gasteiger partial charge in [0.1, 0.15) is 0 Å². The molecule has 2 N–H and O–H groups in total. The van der Waals surface area contributed by atoms with Crippen molar-refractivity contribution in [2.24, 2.45) is 0 Å². The van der Waals surface area contributed by atoms with Crippen LogP contribution in [0.4, 0.5) is 0 Å². The predicted octanol–water partition coefficient (Wildman–Crippen LogP) is 2.56. The summed E-state index contributed by atoms with van der Waals surface area (Å²) < 4.78 is 0. The lowest BCUT2D eigenvalue weighted by Gasteiger charge is -2.27. The van der Waals surface area contributed by atoms with E-state index in [0.29, 0.717) is 6.04 Å². The summed E-state index contributed by atoms with van der Waals surface area (Å²) in [7, 11) is 2.09. The lowest BCUT2D eigenvalue weighted by Crippen LogP contribution is -2.45. The van der Waals surface area contributed by atoms with Crippen LogP contribution in [0.5, 0.6) is 0 Å². The first-order chi connectivity index (χ1) is 9.97. The highest BCUT2D eigenvalue weighted by Gasteiger charge is 2.17. The van der Waals surface area contributed by atoms with E-state index in [1.807, 2.05) is 12.1 Å². The van der Waals surface area contributed by atoms with Crippen molar-refractivity contribution in [2.75, 3.05) is 13.6 Å². The average Bonchev–Trinajstić information content (AvgIpc) is 2.81. The molecule has 0 saturated carbocycles. The third-order valence-electron chi connectivity index (χ3n) is 3.94. The molecule has 1 aromatic heterocycles. The molecule has 21 heavy (non-hydrogen) atoms. The molecule has 4 heteroatoms. The molecule has 1 atom stereocenters. The average molecular weight is 287 g/mol. The number of fused-ring (bicyclic) bond motifs is 1. The fourth-order valence-corrected chi connectivity index (χ4v) is 2.57. The molecule has 114 valence electrons. The molecule has 0 aliphatic heterocycles. The van der Waals surface area contributed by atoms with Crippen LogP contribution in [0.15, 0.2) is 30.5 Å². The van der Waals surface area contributed by atoms with Crippen molar-refractivity contribution in [2.45, 2.75) is 39.3 Å². The smallest absolute Gasteiger partial charge is 0.217 e. The number of likely N-dealkylation sites (N-methyl/N-ethyl adjacent to an activating group) is 1. The predicted molar refractivity (Wildman–Crippen MR) is 87.4 cm³/mol. The zero-order chi connectivity index (χ0) is 15.4. The molecule has 0 radical (unpaired) electrons. The molecule has 4 nitrogen and oxygen atoms in total. The lowest BCUT2D eigenvalue weighted by atomic mass is 10.0. The second-order valence-corrected chi connectivity index (χ2v) is 5.99. The highest BCUT2D eigenvalue weighted by molar-refractivity contribution is 5.83. The van der Waals surface area contributed by atoms with Crippen molar-refractivity contribution < 1.29 is 4.79 Å². The summed E-state index contributed by atoms with van der Waals surface area (Å²) in [6, 6.07) is 8.86. The minimum atomic E-state index is 0.0250. The van der Waals surface area contributed by atoms with Crippen LogP contribution < -0.4 is 5.32 Å². The Morgan fingerprint density at radius 2 is 2.05 bits per heavy atom. The molecule has 1 aromatic carbocycles. The number of hydrogen-bond donors (Lipinski definition) is 2. The minimum absolute atomic E-state index is 0.0250. The van der Waals surface area contributed by atoms with Crippen LogP contribution >= 0.6 is 0 Å². The van der Waals surface area contributed by atoms with Gasteiger partial charge in [0.15, 0.2) is 0 Å². The number of carbonyl (C=O) groups excluding carboxylic acids is 1. The number of benzene rings is 1. The monoisotopic (exact) mass is 287 g/mol. The second-order valence-electron chi connectivity index (χ2n) is 5.99. The normalized spacial score (nSPS) is 13.0. The number of hydrogen-bond acceptors (Lipinski definition) is 2. The van der Waals surface area contributed by atoms with E-state index in [-0.39, 0.29) is 11.9 Å². The molecule has 0 aliphatic carbocycles. The number of carbonyl (C=O) groups is 1. The Morgan fingerprint density at radius 1 is 1.33 bits per heavy atom. The van der Waals surface area contributed by atoms with Crippen LogP contribution in [0.2, 0.25) is 0 Å². The van der Waals surface area contributed by atoms with E-state index in [1.165, 1.54) is 10.9 Å². The van der Waals surface area contributed by atoms with E-state index < -0.39 is 0 Å². The zero-order valence-corrected chi connectivity index (χ0v) is 13.3. The van der Waals surface area contributed by atoms with Crippen LogP contribution in [0, 0.1) is 0 Å². The molecule has 0 bridgehead atoms. The maximum atomic E-state index is 11.5. The topological polar surface area (TPSA) is 48.1 Å². The number of para-hydroxylation sites is 1. The molecule has 1 amide bonds. The van der Waals surface area contributed by atoms with Gasteiger partial charge in [-0.3, -0.25) is 4.79 Å². The first-order valence-electron chi connectivity index (χ1n) is 7.49. The van der Waals surface area contributed by atoms with Gasteiger partial charge >= 0.3 is 0 Å². The summed E-state index contributed by atoms with van der Waals surface area (Å²) in [6.07, 6.45) is 2.88. The Labute approximate surface area is 126 Å². The van der Waals surface area contributed by atoms with E-state index in [1.54, 1.807) is 6.92 Å². The molecular formula is C17H25N3O. The Hall–Kier alpha value is -1.81. The molecule has 0 spiro atoms. The van der Waals surface area contributed by atoms with E-state index in [2.05, 4.69) is 54.4 Å². The van der Waals surface area contributed by atoms with E-state index >= 15 is 0 Å². The highest BCUT2D eigenvalue weighted by atomic mass is 16.1. The molecule has 0 fully saturated rings. The Balaban J connectivity index is 2.15. The quantitative estimate of drug-likeness (QED) is 0.858. The summed E-state index contributed by atoms with van der Waals surface area (Å²) in [5.74, 6) is 0.0250. The van der Waals surface area contributed by atoms with Crippen LogP contribution in [0.25, 0.3) is 10.9 Å². The van der Waals surface area contributed by atoms with Gasteiger partial charge in [0.25, 0.3) is 0 Å². The number of aromatic amines is 1. The zero-order valence-electron chi connectivity index (χ0n) is 13.3. The number of amides is 1. The molecular weight excluding hydrogens is 262 g/mol. The van der Waals surface area contributed by atoms with Gasteiger partial charge in [-0.25, -0.2) is 0 Å². The molecule has 0 aliphatic rings. The van der Waals surface area contributed by atoms with Crippen LogP contribution in [0.1, 0.15) is 26.3 Å². The molecule has 2 rings (SSSR count). The van der Waals surface area contributed by atoms with Crippen molar-refractivity contribution >= 4 is 16.8 Å². The van der Waals surface area contributed by atoms with Gasteiger partial charge in [-0.15, -0.1) is 0 Å². The van der Waals surface area contributed by atoms with E-state index in [0.717, 1.165) is 18.5 Å². The number of nitrogens with one attached hydrogen (secondary N) is 2. The van der Waals surface area contributed by atoms with Crippen molar-refractivity contribution in [1.82, 2.24) is 15.2 Å². The fraction of sp³-hybridized carbons (Fsp3) is 0.471. The summed E-state index contributed by atoms with van der Waals surface area (Å²) in [6.45, 7) is 6.75. The molecule has 0 saturated heterocycles. The number of aromatic nitrogens is 1. The van der Waals surface area contributed by atoms with E-state index in [4.69, 9.17) is 0 Å². The molecule has 2 aromatic rings. The van der Waals surface area contributed by atoms with Gasteiger partial charge in [0.2, 0.25) is 5.91 Å². The Kier molecular flexibility index (Phi) is 5.02. The number of nitrogens with zero attached hydrogens (tertiary/aromatic N) is 1. The van der Waals surface area contributed by atoms with Crippen LogP contribution in [0.3, 0.4) is 0 Å². The van der Waals surface area contributed by atoms with Gasteiger partial charge in [-0.2, -0.15) is 0 Å². The number of rotatable bonds is 6. The van der Waals surface area contributed by atoms with Crippen LogP contribution in [-0.2, 0) is 11.2 Å². The lowest BCUT2D eigenvalue weighted by molar-refractivity contribution is -0.119. The van der Waals surface area contributed by atoms with Gasteiger partial charge < -0.3 is 15.2 Å². The maximum Gasteiger partial charge on any atom is 0.217 e. The minimum Gasteiger partial charge on any atom is -0.361 e. The van der Waals surface area contributed by atoms with Crippen molar-refractivity contribution in [1.29, 1.82) is 0 Å². The summed E-state index contributed by atoms with van der Waals surface area (Å²) in [5.41, 5.74) is 2.40. The van der Waals surface area contributed by atoms with Crippen LogP contribution in [-0.4, -0.2) is 41.5 Å². The van der Waals surface area contributed by atoms with E-state index in [9.17, 15) is 4.79 Å². The molecule has 1 unspecified atom stereocenters. The first kappa shape index (κ1) is 15.6. The van der Waals surface area contributed by atoms with Gasteiger partial charge in [0.05, 0.1) is 0 Å². The summed E-state index contributed by atoms with van der Waals surface area (Å²) >= 11 is 0. The Bertz CT molecular complexity index is 603. The largest absolute Gasteiger partial charge is 0.361 e. The third kappa shape index (κ3) is 4.08. The number of H-pyrrole nitrogens is 1. The molecule has 1 heterocycles. The third-order valence-corrected chi connectivity index (χ3v) is 3.94. The van der Waals surface area contributed by atoms with Crippen molar-refractivity contribution in [3.05, 3.63) is 36.0 Å². The first-order valence-corrected chi connectivity index (χ1v) is 7.49. The standard InChI is InChI=1S/C17H25N3O/c1-12(2)20(4)11-15(19-13(3)21)9-14-10-18-17-8-6-5-7-16(14)17/h5-8,10,12,15,18H,9,11H2,1-4H3,(H,19,21). The van der Waals surface area contributed by atoms with Crippen molar-refractivity contribution in [3.8, 4) is 0 Å². The summed E-state index contributed by atoms with van der Waals surface area (Å²) in [4.78, 5) is 17.0. The van der Waals surface area contributed by atoms with Crippen molar-refractivity contribution in [3.63, 3.8) is 0 Å². The highest BCUT2D eigenvalue weighted by Crippen LogP contribution is 2.19. The van der Waals surface area contributed by atoms with Gasteiger partial charge in [0, 0.05) is 42.7 Å². The maximum absolute atomic E-state index is 11.5. The van der Waals surface area contributed by atoms with Gasteiger partial charge in [-0.05, 0) is 38.9 Å². The second kappa shape index (κ2) is 6.76.